The molecule has 0 amide bonds. The smallest absolute Gasteiger partial charge is 0.0508 e. The van der Waals surface area contributed by atoms with Gasteiger partial charge in [-0.2, -0.15) is 0 Å². The Morgan fingerprint density at radius 2 is 0.792 bits per heavy atom. The molecule has 0 radical (unpaired) electrons. The van der Waals surface area contributed by atoms with Crippen LogP contribution in [-0.2, 0) is 11.8 Å². The summed E-state index contributed by atoms with van der Waals surface area (Å²) in [5.74, 6) is 0. The molecular weight excluding hydrogens is 581 g/mol. The van der Waals surface area contributed by atoms with E-state index in [1.54, 1.807) is 0 Å². The molecule has 0 N–H and O–H groups in total. The van der Waals surface area contributed by atoms with Gasteiger partial charge in [-0.15, -0.1) is 0 Å². The molecule has 1 aliphatic carbocycles. The van der Waals surface area contributed by atoms with Gasteiger partial charge in [0.2, 0.25) is 0 Å². The maximum Gasteiger partial charge on any atom is 0.0508 e. The Morgan fingerprint density at radius 3 is 1.33 bits per heavy atom. The molecule has 0 unspecified atom stereocenters. The molecule has 7 aromatic carbocycles. The van der Waals surface area contributed by atoms with Crippen LogP contribution in [0.25, 0.3) is 11.1 Å². The molecule has 1 aliphatic rings. The second-order valence-corrected chi connectivity index (χ2v) is 13.1. The maximum absolute atomic E-state index is 2.42. The highest BCUT2D eigenvalue weighted by atomic mass is 15.1. The summed E-state index contributed by atoms with van der Waals surface area (Å²) in [6.07, 6.45) is 0.867. The average Bonchev–Trinajstić information content (AvgIpc) is 3.38. The lowest BCUT2D eigenvalue weighted by Gasteiger charge is -2.32. The van der Waals surface area contributed by atoms with E-state index in [-0.39, 0.29) is 5.41 Å². The zero-order valence-corrected chi connectivity index (χ0v) is 27.4. The monoisotopic (exact) mass is 618 g/mol. The molecule has 0 atom stereocenters. The predicted molar refractivity (Wildman–Crippen MR) is 203 cm³/mol. The van der Waals surface area contributed by atoms with E-state index in [2.05, 4.69) is 206 Å². The molecular formula is C46H38N2. The summed E-state index contributed by atoms with van der Waals surface area (Å²) in [5.41, 5.74) is 14.9. The van der Waals surface area contributed by atoms with Crippen molar-refractivity contribution in [3.8, 4) is 11.1 Å². The van der Waals surface area contributed by atoms with E-state index in [4.69, 9.17) is 0 Å². The highest BCUT2D eigenvalue weighted by molar-refractivity contribution is 5.90. The summed E-state index contributed by atoms with van der Waals surface area (Å²) in [4.78, 5) is 4.73. The van der Waals surface area contributed by atoms with Crippen molar-refractivity contribution in [1.82, 2.24) is 0 Å². The Labute approximate surface area is 284 Å². The third-order valence-electron chi connectivity index (χ3n) is 9.64. The van der Waals surface area contributed by atoms with E-state index in [0.29, 0.717) is 0 Å². The van der Waals surface area contributed by atoms with Crippen molar-refractivity contribution < 1.29 is 0 Å². The number of rotatable bonds is 8. The second kappa shape index (κ2) is 12.4. The highest BCUT2D eigenvalue weighted by Gasteiger charge is 2.38. The molecule has 0 saturated carbocycles. The van der Waals surface area contributed by atoms with Gasteiger partial charge < -0.3 is 9.80 Å². The van der Waals surface area contributed by atoms with Gasteiger partial charge in [-0.3, -0.25) is 0 Å². The van der Waals surface area contributed by atoms with E-state index in [1.165, 1.54) is 39.1 Å². The van der Waals surface area contributed by atoms with Crippen LogP contribution >= 0.6 is 0 Å². The van der Waals surface area contributed by atoms with Crippen LogP contribution in [0.15, 0.2) is 182 Å². The van der Waals surface area contributed by atoms with Crippen LogP contribution in [0, 0.1) is 0 Å². The Hall–Kier alpha value is -5.86. The number of nitrogens with zero attached hydrogens (tertiary/aromatic N) is 2. The van der Waals surface area contributed by atoms with Gasteiger partial charge in [-0.25, -0.2) is 0 Å². The second-order valence-electron chi connectivity index (χ2n) is 13.1. The van der Waals surface area contributed by atoms with Crippen molar-refractivity contribution in [3.05, 3.63) is 204 Å². The summed E-state index contributed by atoms with van der Waals surface area (Å²) in [6.45, 7) is 4.72. The van der Waals surface area contributed by atoms with Gasteiger partial charge >= 0.3 is 0 Å². The van der Waals surface area contributed by atoms with Gasteiger partial charge in [0, 0.05) is 33.9 Å². The molecule has 2 nitrogen and oxygen atoms in total. The lowest BCUT2D eigenvalue weighted by atomic mass is 9.81. The van der Waals surface area contributed by atoms with E-state index in [1.807, 2.05) is 0 Å². The minimum atomic E-state index is -0.113. The van der Waals surface area contributed by atoms with Crippen LogP contribution in [0.2, 0.25) is 0 Å². The number of fused-ring (bicyclic) bond motifs is 3. The largest absolute Gasteiger partial charge is 0.311 e. The fourth-order valence-electron chi connectivity index (χ4n) is 7.37. The third-order valence-corrected chi connectivity index (χ3v) is 9.64. The number of anilines is 6. The molecule has 0 fully saturated rings. The van der Waals surface area contributed by atoms with Crippen molar-refractivity contribution in [2.45, 2.75) is 25.7 Å². The van der Waals surface area contributed by atoms with E-state index >= 15 is 0 Å². The highest BCUT2D eigenvalue weighted by Crippen LogP contribution is 2.54. The first kappa shape index (κ1) is 29.5. The molecule has 2 heteroatoms. The summed E-state index contributed by atoms with van der Waals surface area (Å²) in [5, 5.41) is 0. The molecule has 232 valence electrons. The number of hydrogen-bond acceptors (Lipinski definition) is 2. The number of hydrogen-bond donors (Lipinski definition) is 0. The molecule has 0 bridgehead atoms. The summed E-state index contributed by atoms with van der Waals surface area (Å²) in [6, 6.07) is 65.6. The Bertz CT molecular complexity index is 2110. The minimum absolute atomic E-state index is 0.113. The van der Waals surface area contributed by atoms with Gasteiger partial charge in [-0.1, -0.05) is 129 Å². The normalized spacial score (nSPS) is 12.6. The first-order chi connectivity index (χ1) is 23.6. The topological polar surface area (TPSA) is 6.48 Å². The zero-order chi connectivity index (χ0) is 32.5. The van der Waals surface area contributed by atoms with Crippen molar-refractivity contribution in [2.75, 3.05) is 9.80 Å². The van der Waals surface area contributed by atoms with Gasteiger partial charge in [0.1, 0.15) is 0 Å². The Kier molecular flexibility index (Phi) is 7.62. The molecule has 0 aliphatic heterocycles. The Morgan fingerprint density at radius 1 is 0.375 bits per heavy atom. The fraction of sp³-hybridized carbons (Fsp3) is 0.0870. The number of para-hydroxylation sites is 3. The van der Waals surface area contributed by atoms with E-state index in [9.17, 15) is 0 Å². The fourth-order valence-corrected chi connectivity index (χ4v) is 7.37. The average molecular weight is 619 g/mol. The predicted octanol–water partition coefficient (Wildman–Crippen LogP) is 12.5. The van der Waals surface area contributed by atoms with Crippen molar-refractivity contribution >= 4 is 34.1 Å². The van der Waals surface area contributed by atoms with Crippen molar-refractivity contribution in [1.29, 1.82) is 0 Å². The van der Waals surface area contributed by atoms with Gasteiger partial charge in [-0.05, 0) is 107 Å². The first-order valence-electron chi connectivity index (χ1n) is 16.7. The Balaban J connectivity index is 1.10. The minimum Gasteiger partial charge on any atom is -0.311 e. The zero-order valence-electron chi connectivity index (χ0n) is 27.4. The van der Waals surface area contributed by atoms with Crippen LogP contribution in [-0.4, -0.2) is 0 Å². The quantitative estimate of drug-likeness (QED) is 0.167. The van der Waals surface area contributed by atoms with E-state index in [0.717, 1.165) is 34.9 Å². The molecule has 0 aromatic heterocycles. The van der Waals surface area contributed by atoms with E-state index < -0.39 is 0 Å². The van der Waals surface area contributed by atoms with Crippen LogP contribution < -0.4 is 9.80 Å². The van der Waals surface area contributed by atoms with Crippen LogP contribution in [0.5, 0.6) is 0 Å². The third kappa shape index (κ3) is 5.36. The molecule has 0 heterocycles. The standard InChI is InChI=1S/C46H38N2/c1-46(2)43-23-13-12-21-41(43)42-22-14-24-44(45(42)46)48(38-19-10-5-11-20-38)40-31-27-35(28-32-40)33-34-25-29-39(30-26-34)47(36-15-6-3-7-16-36)37-17-8-4-9-18-37/h3-32H,33H2,1-2H3. The summed E-state index contributed by atoms with van der Waals surface area (Å²) < 4.78 is 0. The van der Waals surface area contributed by atoms with Crippen LogP contribution in [0.4, 0.5) is 34.1 Å². The maximum atomic E-state index is 2.42. The number of benzene rings is 7. The van der Waals surface area contributed by atoms with Crippen LogP contribution in [0.1, 0.15) is 36.1 Å². The van der Waals surface area contributed by atoms with Gasteiger partial charge in [0.25, 0.3) is 0 Å². The van der Waals surface area contributed by atoms with Gasteiger partial charge in [0.05, 0.1) is 5.69 Å². The lowest BCUT2D eigenvalue weighted by Crippen LogP contribution is -2.20. The lowest BCUT2D eigenvalue weighted by molar-refractivity contribution is 0.661. The SMILES string of the molecule is CC1(C)c2ccccc2-c2cccc(N(c3ccccc3)c3ccc(Cc4ccc(N(c5ccccc5)c5ccccc5)cc4)cc3)c21. The molecule has 0 spiro atoms. The molecule has 48 heavy (non-hydrogen) atoms. The van der Waals surface area contributed by atoms with Crippen LogP contribution in [0.3, 0.4) is 0 Å². The molecule has 8 rings (SSSR count). The van der Waals surface area contributed by atoms with Crippen molar-refractivity contribution in [2.24, 2.45) is 0 Å². The first-order valence-corrected chi connectivity index (χ1v) is 16.7. The van der Waals surface area contributed by atoms with Crippen molar-refractivity contribution in [3.63, 3.8) is 0 Å². The summed E-state index contributed by atoms with van der Waals surface area (Å²) >= 11 is 0. The summed E-state index contributed by atoms with van der Waals surface area (Å²) in [7, 11) is 0. The molecule has 0 saturated heterocycles. The molecule has 7 aromatic rings. The van der Waals surface area contributed by atoms with Gasteiger partial charge in [0.15, 0.2) is 0 Å².